The van der Waals surface area contributed by atoms with Crippen molar-refractivity contribution in [3.8, 4) is 5.75 Å². The third kappa shape index (κ3) is 8.34. The second kappa shape index (κ2) is 17.9. The van der Waals surface area contributed by atoms with E-state index in [1.807, 2.05) is 24.3 Å². The molecule has 3 atom stereocenters. The van der Waals surface area contributed by atoms with Crippen molar-refractivity contribution in [2.75, 3.05) is 67.7 Å². The van der Waals surface area contributed by atoms with Crippen LogP contribution in [0.5, 0.6) is 5.75 Å². The number of piperidine rings is 2. The van der Waals surface area contributed by atoms with E-state index < -0.39 is 41.2 Å². The number of hydrazone groups is 1. The number of carbonyl (C=O) groups excluding carboxylic acids is 5. The predicted octanol–water partition coefficient (Wildman–Crippen LogP) is 2.47. The first-order valence-electron chi connectivity index (χ1n) is 22.0. The lowest BCUT2D eigenvalue weighted by atomic mass is 9.76. The number of hydrogen-bond donors (Lipinski definition) is 4. The number of halogens is 1. The molecule has 1 aromatic heterocycles. The third-order valence-corrected chi connectivity index (χ3v) is 13.5. The van der Waals surface area contributed by atoms with Crippen LogP contribution in [0.15, 0.2) is 84.1 Å². The second-order valence-corrected chi connectivity index (χ2v) is 17.3. The lowest BCUT2D eigenvalue weighted by molar-refractivity contribution is -0.137. The first kappa shape index (κ1) is 43.3. The Morgan fingerprint density at radius 3 is 2.42 bits per heavy atom. The van der Waals surface area contributed by atoms with Gasteiger partial charge in [-0.05, 0) is 84.3 Å². The quantitative estimate of drug-likeness (QED) is 0.151. The van der Waals surface area contributed by atoms with Gasteiger partial charge in [0, 0.05) is 82.8 Å². The van der Waals surface area contributed by atoms with Gasteiger partial charge in [0.15, 0.2) is 0 Å². The fourth-order valence-corrected chi connectivity index (χ4v) is 9.84. The number of rotatable bonds is 12. The number of primary amides is 1. The number of carbonyl (C=O) groups is 5. The lowest BCUT2D eigenvalue weighted by Gasteiger charge is -2.39. The molecule has 65 heavy (non-hydrogen) atoms. The molecule has 3 saturated heterocycles. The number of anilines is 3. The minimum Gasteiger partial charge on any atom is -0.496 e. The molecule has 5 amide bonds. The molecule has 0 bridgehead atoms. The van der Waals surface area contributed by atoms with Gasteiger partial charge in [-0.2, -0.15) is 5.10 Å². The first-order chi connectivity index (χ1) is 31.4. The van der Waals surface area contributed by atoms with Gasteiger partial charge in [-0.15, -0.1) is 0 Å². The van der Waals surface area contributed by atoms with Gasteiger partial charge in [0.2, 0.25) is 17.7 Å². The van der Waals surface area contributed by atoms with Gasteiger partial charge in [0.05, 0.1) is 24.6 Å². The molecule has 4 aromatic rings. The Labute approximate surface area is 375 Å². The lowest BCUT2D eigenvalue weighted by Crippen LogP contribution is -2.58. The largest absolute Gasteiger partial charge is 0.496 e. The molecule has 5 aliphatic heterocycles. The number of methoxy groups -OCH3 is 1. The Morgan fingerprint density at radius 2 is 1.69 bits per heavy atom. The van der Waals surface area contributed by atoms with Crippen LogP contribution in [0, 0.1) is 11.7 Å². The molecule has 6 N–H and O–H groups in total. The van der Waals surface area contributed by atoms with E-state index >= 15 is 0 Å². The number of nitrogens with zero attached hydrogens (tertiary/aromatic N) is 7. The van der Waals surface area contributed by atoms with E-state index in [4.69, 9.17) is 21.2 Å². The Kier molecular flexibility index (Phi) is 11.9. The normalized spacial score (nSPS) is 22.6. The molecule has 338 valence electrons. The van der Waals surface area contributed by atoms with E-state index in [9.17, 15) is 28.4 Å². The highest BCUT2D eigenvalue weighted by Gasteiger charge is 2.51. The van der Waals surface area contributed by atoms with Gasteiger partial charge < -0.3 is 36.2 Å². The molecule has 3 fully saturated rings. The number of amides is 5. The Morgan fingerprint density at radius 1 is 0.923 bits per heavy atom. The van der Waals surface area contributed by atoms with E-state index in [1.54, 1.807) is 35.4 Å². The SMILES string of the molecule is COc1ccc(F)cc1C(=O)NCc1ccccc1C1(C(N)=O)C=NN(c2ccc(N3CCN(CC4CCN(c5ccc6c(c5)C(=O)N(C5CCC(=O)NC5=O)C6)CC4)CC3)nc2)C1N. The molecule has 0 spiro atoms. The maximum atomic E-state index is 14.0. The summed E-state index contributed by atoms with van der Waals surface area (Å²) in [6, 6.07) is 19.9. The van der Waals surface area contributed by atoms with Crippen molar-refractivity contribution in [1.82, 2.24) is 25.4 Å². The van der Waals surface area contributed by atoms with Gasteiger partial charge in [0.1, 0.15) is 35.0 Å². The Bertz CT molecular complexity index is 2540. The molecule has 3 unspecified atom stereocenters. The maximum absolute atomic E-state index is 14.0. The number of hydrogen-bond acceptors (Lipinski definition) is 13. The van der Waals surface area contributed by atoms with Crippen LogP contribution in [0.3, 0.4) is 0 Å². The van der Waals surface area contributed by atoms with Crippen LogP contribution < -0.4 is 41.6 Å². The van der Waals surface area contributed by atoms with Crippen LogP contribution in [0.1, 0.15) is 63.1 Å². The standard InChI is InChI=1S/C47H52FN11O6/c1-65-39-11-7-32(48)22-36(39)42(61)52-24-30-4-2-3-5-37(30)47(46(50)64)28-53-59(45(47)49)34-9-12-40(51-25-34)57-20-18-55(19-21-57)26-29-14-16-56(17-15-29)33-8-6-31-27-58(44(63)35(31)23-33)38-10-13-41(60)54-43(38)62/h2-9,11-12,22-23,25,28-29,38,45H,10,13-21,24,26-27,49H2,1H3,(H2,50,64)(H,52,61)(H,54,60,62). The van der Waals surface area contributed by atoms with Crippen molar-refractivity contribution >= 4 is 52.9 Å². The molecule has 0 aliphatic carbocycles. The average molecular weight is 886 g/mol. The monoisotopic (exact) mass is 885 g/mol. The highest BCUT2D eigenvalue weighted by Crippen LogP contribution is 2.37. The summed E-state index contributed by atoms with van der Waals surface area (Å²) in [5.41, 5.74) is 15.6. The Hall–Kier alpha value is -6.92. The van der Waals surface area contributed by atoms with E-state index in [-0.39, 0.29) is 36.1 Å². The number of nitrogens with two attached hydrogens (primary N) is 2. The van der Waals surface area contributed by atoms with E-state index in [0.717, 1.165) is 81.8 Å². The number of ether oxygens (including phenoxy) is 1. The zero-order chi connectivity index (χ0) is 45.4. The van der Waals surface area contributed by atoms with Crippen molar-refractivity contribution in [2.45, 2.75) is 56.4 Å². The summed E-state index contributed by atoms with van der Waals surface area (Å²) in [7, 11) is 1.40. The Balaban J connectivity index is 0.767. The van der Waals surface area contributed by atoms with E-state index in [1.165, 1.54) is 30.5 Å². The van der Waals surface area contributed by atoms with E-state index in [0.29, 0.717) is 41.3 Å². The molecule has 0 radical (unpaired) electrons. The number of aromatic nitrogens is 1. The van der Waals surface area contributed by atoms with Crippen molar-refractivity contribution in [3.63, 3.8) is 0 Å². The van der Waals surface area contributed by atoms with Crippen LogP contribution in [-0.2, 0) is 32.9 Å². The minimum atomic E-state index is -1.55. The summed E-state index contributed by atoms with van der Waals surface area (Å²) in [4.78, 5) is 77.5. The number of piperazine rings is 1. The smallest absolute Gasteiger partial charge is 0.255 e. The zero-order valence-electron chi connectivity index (χ0n) is 36.1. The van der Waals surface area contributed by atoms with Gasteiger partial charge >= 0.3 is 0 Å². The summed E-state index contributed by atoms with van der Waals surface area (Å²) >= 11 is 0. The van der Waals surface area contributed by atoms with Crippen LogP contribution in [0.2, 0.25) is 0 Å². The molecule has 5 aliphatic rings. The summed E-state index contributed by atoms with van der Waals surface area (Å²) in [6.45, 7) is 6.61. The molecule has 18 heteroatoms. The number of fused-ring (bicyclic) bond motifs is 1. The van der Waals surface area contributed by atoms with Crippen LogP contribution in [0.4, 0.5) is 21.6 Å². The molecule has 0 saturated carbocycles. The summed E-state index contributed by atoms with van der Waals surface area (Å²) in [5, 5.41) is 11.3. The third-order valence-electron chi connectivity index (χ3n) is 13.5. The van der Waals surface area contributed by atoms with Crippen LogP contribution in [-0.4, -0.2) is 116 Å². The van der Waals surface area contributed by atoms with Crippen molar-refractivity contribution in [1.29, 1.82) is 0 Å². The van der Waals surface area contributed by atoms with Gasteiger partial charge in [-0.25, -0.2) is 14.4 Å². The van der Waals surface area contributed by atoms with Crippen molar-refractivity contribution in [2.24, 2.45) is 22.5 Å². The topological polar surface area (TPSA) is 212 Å². The van der Waals surface area contributed by atoms with Crippen molar-refractivity contribution < 1.29 is 33.1 Å². The molecule has 9 rings (SSSR count). The number of benzene rings is 3. The summed E-state index contributed by atoms with van der Waals surface area (Å²) in [6.07, 6.45) is 4.78. The summed E-state index contributed by atoms with van der Waals surface area (Å²) < 4.78 is 19.3. The maximum Gasteiger partial charge on any atom is 0.255 e. The highest BCUT2D eigenvalue weighted by molar-refractivity contribution is 6.08. The number of imide groups is 1. The van der Waals surface area contributed by atoms with Gasteiger partial charge in [-0.1, -0.05) is 30.3 Å². The minimum absolute atomic E-state index is 0.00988. The molecular weight excluding hydrogens is 834 g/mol. The molecular formula is C47H52FN11O6. The molecule has 6 heterocycles. The number of nitrogens with one attached hydrogen (secondary N) is 2. The number of pyridine rings is 1. The highest BCUT2D eigenvalue weighted by atomic mass is 19.1. The van der Waals surface area contributed by atoms with Gasteiger partial charge in [0.25, 0.3) is 11.8 Å². The zero-order valence-corrected chi connectivity index (χ0v) is 36.1. The molecule has 3 aromatic carbocycles. The summed E-state index contributed by atoms with van der Waals surface area (Å²) in [5.74, 6) is -1.10. The first-order valence-corrected chi connectivity index (χ1v) is 22.0. The van der Waals surface area contributed by atoms with Crippen LogP contribution >= 0.6 is 0 Å². The van der Waals surface area contributed by atoms with Crippen molar-refractivity contribution in [3.05, 3.63) is 113 Å². The van der Waals surface area contributed by atoms with Gasteiger partial charge in [-0.3, -0.25) is 34.2 Å². The van der Waals surface area contributed by atoms with E-state index in [2.05, 4.69) is 36.5 Å². The fraction of sp³-hybridized carbons (Fsp3) is 0.383. The van der Waals surface area contributed by atoms with Crippen LogP contribution in [0.25, 0.3) is 0 Å². The average Bonchev–Trinajstić information content (AvgIpc) is 3.84. The second-order valence-electron chi connectivity index (χ2n) is 17.3. The predicted molar refractivity (Wildman–Crippen MR) is 241 cm³/mol. The molecule has 17 nitrogen and oxygen atoms in total. The fourth-order valence-electron chi connectivity index (χ4n) is 9.84.